The van der Waals surface area contributed by atoms with E-state index in [0.29, 0.717) is 5.92 Å². The Kier molecular flexibility index (Phi) is 4.41. The van der Waals surface area contributed by atoms with Crippen molar-refractivity contribution in [2.75, 3.05) is 0 Å². The lowest BCUT2D eigenvalue weighted by Crippen LogP contribution is -1.96. The third-order valence-corrected chi connectivity index (χ3v) is 2.23. The molecule has 1 nitrogen and oxygen atoms in total. The normalized spacial score (nSPS) is 15.6. The van der Waals surface area contributed by atoms with E-state index >= 15 is 0 Å². The van der Waals surface area contributed by atoms with Gasteiger partial charge in [0.15, 0.2) is 0 Å². The standard InChI is InChI=1S/C13H18O/c1-11(7-6-8-12(2)14)13-9-4-3-5-10-13/h3-7,9-12,14H,8H2,1-2H3/b7-6+/t11-,12-/m0/s1. The SMILES string of the molecule is C[C@H](O)C/C=C/[C@H](C)c1ccccc1. The zero-order valence-electron chi connectivity index (χ0n) is 8.85. The lowest BCUT2D eigenvalue weighted by Gasteiger charge is -2.06. The van der Waals surface area contributed by atoms with Crippen molar-refractivity contribution in [1.82, 2.24) is 0 Å². The minimum absolute atomic E-state index is 0.241. The molecule has 0 aliphatic rings. The van der Waals surface area contributed by atoms with Crippen molar-refractivity contribution >= 4 is 0 Å². The summed E-state index contributed by atoms with van der Waals surface area (Å²) in [5.41, 5.74) is 1.31. The number of allylic oxidation sites excluding steroid dienone is 1. The van der Waals surface area contributed by atoms with Crippen LogP contribution in [0.25, 0.3) is 0 Å². The first kappa shape index (κ1) is 11.0. The van der Waals surface area contributed by atoms with Crippen LogP contribution in [-0.2, 0) is 0 Å². The van der Waals surface area contributed by atoms with Crippen molar-refractivity contribution in [3.05, 3.63) is 48.0 Å². The van der Waals surface area contributed by atoms with E-state index in [1.54, 1.807) is 6.92 Å². The molecule has 0 bridgehead atoms. The van der Waals surface area contributed by atoms with Gasteiger partial charge in [0.05, 0.1) is 6.10 Å². The topological polar surface area (TPSA) is 20.2 Å². The first-order valence-corrected chi connectivity index (χ1v) is 5.10. The smallest absolute Gasteiger partial charge is 0.0546 e. The van der Waals surface area contributed by atoms with Gasteiger partial charge in [-0.2, -0.15) is 0 Å². The van der Waals surface area contributed by atoms with Crippen LogP contribution in [0.2, 0.25) is 0 Å². The summed E-state index contributed by atoms with van der Waals surface area (Å²) in [7, 11) is 0. The number of hydrogen-bond donors (Lipinski definition) is 1. The van der Waals surface area contributed by atoms with Crippen LogP contribution >= 0.6 is 0 Å². The largest absolute Gasteiger partial charge is 0.393 e. The first-order chi connectivity index (χ1) is 6.70. The third kappa shape index (κ3) is 3.75. The minimum Gasteiger partial charge on any atom is -0.393 e. The Morgan fingerprint density at radius 2 is 1.86 bits per heavy atom. The molecule has 0 unspecified atom stereocenters. The van der Waals surface area contributed by atoms with Gasteiger partial charge in [-0.15, -0.1) is 0 Å². The van der Waals surface area contributed by atoms with Crippen molar-refractivity contribution in [2.45, 2.75) is 32.3 Å². The maximum absolute atomic E-state index is 9.08. The molecule has 76 valence electrons. The van der Waals surface area contributed by atoms with E-state index in [9.17, 15) is 0 Å². The summed E-state index contributed by atoms with van der Waals surface area (Å²) in [5, 5.41) is 9.08. The maximum Gasteiger partial charge on any atom is 0.0546 e. The summed E-state index contributed by atoms with van der Waals surface area (Å²) in [6.45, 7) is 3.96. The predicted octanol–water partition coefficient (Wildman–Crippen LogP) is 3.12. The van der Waals surface area contributed by atoms with Gasteiger partial charge in [-0.05, 0) is 24.8 Å². The molecule has 0 saturated heterocycles. The van der Waals surface area contributed by atoms with Crippen molar-refractivity contribution in [3.8, 4) is 0 Å². The number of benzene rings is 1. The van der Waals surface area contributed by atoms with E-state index in [1.165, 1.54) is 5.56 Å². The van der Waals surface area contributed by atoms with Crippen LogP contribution in [0.5, 0.6) is 0 Å². The molecule has 2 atom stereocenters. The van der Waals surface area contributed by atoms with Crippen LogP contribution in [-0.4, -0.2) is 11.2 Å². The lowest BCUT2D eigenvalue weighted by molar-refractivity contribution is 0.198. The molecule has 0 heterocycles. The second kappa shape index (κ2) is 5.61. The number of hydrogen-bond acceptors (Lipinski definition) is 1. The highest BCUT2D eigenvalue weighted by molar-refractivity contribution is 5.22. The minimum atomic E-state index is -0.241. The number of aliphatic hydroxyl groups excluding tert-OH is 1. The van der Waals surface area contributed by atoms with E-state index in [1.807, 2.05) is 24.3 Å². The van der Waals surface area contributed by atoms with Gasteiger partial charge in [0.25, 0.3) is 0 Å². The highest BCUT2D eigenvalue weighted by Gasteiger charge is 1.99. The second-order valence-electron chi connectivity index (χ2n) is 3.71. The van der Waals surface area contributed by atoms with E-state index in [0.717, 1.165) is 6.42 Å². The van der Waals surface area contributed by atoms with Crippen LogP contribution in [0.3, 0.4) is 0 Å². The summed E-state index contributed by atoms with van der Waals surface area (Å²) < 4.78 is 0. The molecule has 1 rings (SSSR count). The summed E-state index contributed by atoms with van der Waals surface area (Å²) in [6, 6.07) is 10.4. The van der Waals surface area contributed by atoms with Gasteiger partial charge in [0, 0.05) is 0 Å². The molecule has 1 aromatic rings. The highest BCUT2D eigenvalue weighted by Crippen LogP contribution is 2.15. The van der Waals surface area contributed by atoms with Crippen LogP contribution < -0.4 is 0 Å². The van der Waals surface area contributed by atoms with Gasteiger partial charge in [-0.1, -0.05) is 49.4 Å². The van der Waals surface area contributed by atoms with E-state index < -0.39 is 0 Å². The zero-order valence-corrected chi connectivity index (χ0v) is 8.85. The number of aliphatic hydroxyl groups is 1. The molecule has 0 aromatic heterocycles. The molecule has 1 heteroatoms. The Balaban J connectivity index is 2.50. The monoisotopic (exact) mass is 190 g/mol. The lowest BCUT2D eigenvalue weighted by atomic mass is 10.0. The maximum atomic E-state index is 9.08. The van der Waals surface area contributed by atoms with Crippen LogP contribution in [0.4, 0.5) is 0 Å². The quantitative estimate of drug-likeness (QED) is 0.723. The van der Waals surface area contributed by atoms with Crippen LogP contribution in [0.1, 0.15) is 31.7 Å². The van der Waals surface area contributed by atoms with Gasteiger partial charge in [-0.3, -0.25) is 0 Å². The van der Waals surface area contributed by atoms with E-state index in [-0.39, 0.29) is 6.10 Å². The second-order valence-corrected chi connectivity index (χ2v) is 3.71. The summed E-state index contributed by atoms with van der Waals surface area (Å²) >= 11 is 0. The van der Waals surface area contributed by atoms with E-state index in [4.69, 9.17) is 5.11 Å². The van der Waals surface area contributed by atoms with Crippen molar-refractivity contribution in [1.29, 1.82) is 0 Å². The summed E-state index contributed by atoms with van der Waals surface area (Å²) in [6.07, 6.45) is 4.68. The van der Waals surface area contributed by atoms with Gasteiger partial charge in [-0.25, -0.2) is 0 Å². The van der Waals surface area contributed by atoms with Crippen LogP contribution in [0.15, 0.2) is 42.5 Å². The van der Waals surface area contributed by atoms with Crippen molar-refractivity contribution in [2.24, 2.45) is 0 Å². The molecule has 0 aliphatic carbocycles. The fourth-order valence-corrected chi connectivity index (χ4v) is 1.35. The Morgan fingerprint density at radius 1 is 1.21 bits per heavy atom. The fraction of sp³-hybridized carbons (Fsp3) is 0.385. The molecular weight excluding hydrogens is 172 g/mol. The molecule has 0 fully saturated rings. The molecule has 0 aliphatic heterocycles. The van der Waals surface area contributed by atoms with Gasteiger partial charge < -0.3 is 5.11 Å². The van der Waals surface area contributed by atoms with Gasteiger partial charge in [0.2, 0.25) is 0 Å². The molecule has 0 spiro atoms. The first-order valence-electron chi connectivity index (χ1n) is 5.10. The Labute approximate surface area is 86.1 Å². The van der Waals surface area contributed by atoms with Gasteiger partial charge in [0.1, 0.15) is 0 Å². The Bertz CT molecular complexity index is 275. The Morgan fingerprint density at radius 3 is 2.43 bits per heavy atom. The van der Waals surface area contributed by atoms with Crippen molar-refractivity contribution in [3.63, 3.8) is 0 Å². The third-order valence-electron chi connectivity index (χ3n) is 2.23. The van der Waals surface area contributed by atoms with E-state index in [2.05, 4.69) is 25.1 Å². The van der Waals surface area contributed by atoms with Crippen molar-refractivity contribution < 1.29 is 5.11 Å². The van der Waals surface area contributed by atoms with Crippen LogP contribution in [0, 0.1) is 0 Å². The number of rotatable bonds is 4. The summed E-state index contributed by atoms with van der Waals surface area (Å²) in [5.74, 6) is 0.426. The molecular formula is C13H18O. The summed E-state index contributed by atoms with van der Waals surface area (Å²) in [4.78, 5) is 0. The average Bonchev–Trinajstić information content (AvgIpc) is 2.18. The molecule has 0 radical (unpaired) electrons. The molecule has 0 saturated carbocycles. The highest BCUT2D eigenvalue weighted by atomic mass is 16.3. The van der Waals surface area contributed by atoms with Gasteiger partial charge >= 0.3 is 0 Å². The molecule has 0 amide bonds. The zero-order chi connectivity index (χ0) is 10.4. The fourth-order valence-electron chi connectivity index (χ4n) is 1.35. The Hall–Kier alpha value is -1.08. The molecule has 1 N–H and O–H groups in total. The molecule has 14 heavy (non-hydrogen) atoms. The molecule has 1 aromatic carbocycles. The predicted molar refractivity (Wildman–Crippen MR) is 60.3 cm³/mol. The average molecular weight is 190 g/mol.